The van der Waals surface area contributed by atoms with Gasteiger partial charge in [-0.1, -0.05) is 6.42 Å². The van der Waals surface area contributed by atoms with Crippen molar-refractivity contribution >= 4 is 5.78 Å². The van der Waals surface area contributed by atoms with Crippen LogP contribution in [0.4, 0.5) is 0 Å². The van der Waals surface area contributed by atoms with Gasteiger partial charge in [0.05, 0.1) is 6.54 Å². The number of aromatic nitrogens is 3. The summed E-state index contributed by atoms with van der Waals surface area (Å²) in [7, 11) is 1.80. The molecular formula is C10H16N4O. The minimum absolute atomic E-state index is 0.0666. The van der Waals surface area contributed by atoms with Gasteiger partial charge in [0.15, 0.2) is 0 Å². The molecule has 0 radical (unpaired) electrons. The zero-order valence-corrected chi connectivity index (χ0v) is 9.02. The number of likely N-dealkylation sites (tertiary alicyclic amines) is 1. The molecule has 0 unspecified atom stereocenters. The molecule has 82 valence electrons. The normalized spacial score (nSPS) is 17.9. The van der Waals surface area contributed by atoms with Crippen molar-refractivity contribution in [3.63, 3.8) is 0 Å². The highest BCUT2D eigenvalue weighted by Gasteiger charge is 2.17. The molecule has 1 aliphatic heterocycles. The zero-order valence-electron chi connectivity index (χ0n) is 9.02. The van der Waals surface area contributed by atoms with E-state index in [2.05, 4.69) is 15.1 Å². The largest absolute Gasteiger partial charge is 0.314 e. The van der Waals surface area contributed by atoms with E-state index in [-0.39, 0.29) is 5.78 Å². The van der Waals surface area contributed by atoms with Gasteiger partial charge in [0.2, 0.25) is 11.6 Å². The molecule has 0 bridgehead atoms. The maximum Gasteiger partial charge on any atom is 0.214 e. The van der Waals surface area contributed by atoms with Crippen LogP contribution in [0.2, 0.25) is 0 Å². The molecule has 5 nitrogen and oxygen atoms in total. The summed E-state index contributed by atoms with van der Waals surface area (Å²) in [6.45, 7) is 2.54. The number of rotatable bonds is 3. The van der Waals surface area contributed by atoms with Crippen LogP contribution in [0.1, 0.15) is 29.9 Å². The monoisotopic (exact) mass is 208 g/mol. The molecule has 1 saturated heterocycles. The fourth-order valence-electron chi connectivity index (χ4n) is 1.93. The summed E-state index contributed by atoms with van der Waals surface area (Å²) in [5.74, 6) is 0.525. The van der Waals surface area contributed by atoms with E-state index < -0.39 is 0 Å². The molecule has 1 aromatic rings. The third-order valence-corrected chi connectivity index (χ3v) is 2.78. The van der Waals surface area contributed by atoms with Crippen LogP contribution in [0.15, 0.2) is 6.33 Å². The lowest BCUT2D eigenvalue weighted by Crippen LogP contribution is -2.35. The Morgan fingerprint density at radius 3 is 2.73 bits per heavy atom. The summed E-state index contributed by atoms with van der Waals surface area (Å²) in [5.41, 5.74) is 0. The molecule has 0 saturated carbocycles. The number of carbonyl (C=O) groups is 1. The Balaban J connectivity index is 1.94. The lowest BCUT2D eigenvalue weighted by molar-refractivity contribution is 0.0902. The van der Waals surface area contributed by atoms with Crippen LogP contribution in [0.25, 0.3) is 0 Å². The summed E-state index contributed by atoms with van der Waals surface area (Å²) < 4.78 is 1.67. The van der Waals surface area contributed by atoms with Gasteiger partial charge in [-0.05, 0) is 25.9 Å². The van der Waals surface area contributed by atoms with Crippen molar-refractivity contribution < 1.29 is 4.79 Å². The van der Waals surface area contributed by atoms with Gasteiger partial charge in [-0.25, -0.2) is 0 Å². The van der Waals surface area contributed by atoms with Crippen LogP contribution in [0.5, 0.6) is 0 Å². The Kier molecular flexibility index (Phi) is 3.11. The minimum atomic E-state index is 0.0666. The number of hydrogen-bond acceptors (Lipinski definition) is 4. The Hall–Kier alpha value is -1.23. The smallest absolute Gasteiger partial charge is 0.214 e. The topological polar surface area (TPSA) is 51.0 Å². The third kappa shape index (κ3) is 2.41. The van der Waals surface area contributed by atoms with Gasteiger partial charge in [-0.2, -0.15) is 0 Å². The maximum atomic E-state index is 11.8. The first-order chi connectivity index (χ1) is 7.27. The number of carbonyl (C=O) groups excluding carboxylic acids is 1. The van der Waals surface area contributed by atoms with E-state index in [9.17, 15) is 4.79 Å². The van der Waals surface area contributed by atoms with Crippen molar-refractivity contribution in [2.24, 2.45) is 7.05 Å². The predicted octanol–water partition coefficient (Wildman–Crippen LogP) is 0.484. The SMILES string of the molecule is Cn1cnnc1C(=O)CN1CCCCC1. The fourth-order valence-corrected chi connectivity index (χ4v) is 1.93. The molecule has 1 aliphatic rings. The van der Waals surface area contributed by atoms with Gasteiger partial charge < -0.3 is 4.57 Å². The first kappa shape index (κ1) is 10.3. The van der Waals surface area contributed by atoms with Crippen LogP contribution in [-0.4, -0.2) is 45.1 Å². The second kappa shape index (κ2) is 4.53. The van der Waals surface area contributed by atoms with Gasteiger partial charge in [0, 0.05) is 7.05 Å². The highest BCUT2D eigenvalue weighted by molar-refractivity contribution is 5.94. The van der Waals surface area contributed by atoms with Gasteiger partial charge in [0.25, 0.3) is 0 Å². The summed E-state index contributed by atoms with van der Waals surface area (Å²) in [5, 5.41) is 7.53. The van der Waals surface area contributed by atoms with Gasteiger partial charge in [-0.15, -0.1) is 10.2 Å². The Labute approximate surface area is 89.1 Å². The zero-order chi connectivity index (χ0) is 10.7. The van der Waals surface area contributed by atoms with Gasteiger partial charge in [0.1, 0.15) is 6.33 Å². The standard InChI is InChI=1S/C10H16N4O/c1-13-8-11-12-10(13)9(15)7-14-5-3-2-4-6-14/h8H,2-7H2,1H3. The molecule has 2 rings (SSSR count). The van der Waals surface area contributed by atoms with E-state index in [0.717, 1.165) is 13.1 Å². The van der Waals surface area contributed by atoms with Gasteiger partial charge >= 0.3 is 0 Å². The Bertz CT molecular complexity index is 341. The molecular weight excluding hydrogens is 192 g/mol. The third-order valence-electron chi connectivity index (χ3n) is 2.78. The van der Waals surface area contributed by atoms with Crippen LogP contribution in [-0.2, 0) is 7.05 Å². The summed E-state index contributed by atoms with van der Waals surface area (Å²) >= 11 is 0. The number of nitrogens with zero attached hydrogens (tertiary/aromatic N) is 4. The average molecular weight is 208 g/mol. The first-order valence-electron chi connectivity index (χ1n) is 5.37. The highest BCUT2D eigenvalue weighted by Crippen LogP contribution is 2.09. The molecule has 0 spiro atoms. The quantitative estimate of drug-likeness (QED) is 0.678. The van der Waals surface area contributed by atoms with E-state index in [4.69, 9.17) is 0 Å². The number of piperidine rings is 1. The van der Waals surface area contributed by atoms with Crippen LogP contribution >= 0.6 is 0 Å². The van der Waals surface area contributed by atoms with E-state index in [1.165, 1.54) is 19.3 Å². The molecule has 0 aliphatic carbocycles. The summed E-state index contributed by atoms with van der Waals surface area (Å²) in [4.78, 5) is 14.0. The van der Waals surface area contributed by atoms with E-state index >= 15 is 0 Å². The second-order valence-corrected chi connectivity index (χ2v) is 4.03. The Morgan fingerprint density at radius 1 is 1.40 bits per heavy atom. The molecule has 15 heavy (non-hydrogen) atoms. The molecule has 0 atom stereocenters. The molecule has 0 aromatic carbocycles. The van der Waals surface area contributed by atoms with Crippen LogP contribution in [0, 0.1) is 0 Å². The molecule has 5 heteroatoms. The van der Waals surface area contributed by atoms with Crippen molar-refractivity contribution in [2.75, 3.05) is 19.6 Å². The first-order valence-corrected chi connectivity index (χ1v) is 5.37. The fraction of sp³-hybridized carbons (Fsp3) is 0.700. The number of aryl methyl sites for hydroxylation is 1. The van der Waals surface area contributed by atoms with E-state index in [0.29, 0.717) is 12.4 Å². The lowest BCUT2D eigenvalue weighted by Gasteiger charge is -2.25. The molecule has 1 fully saturated rings. The highest BCUT2D eigenvalue weighted by atomic mass is 16.1. The Morgan fingerprint density at radius 2 is 2.13 bits per heavy atom. The maximum absolute atomic E-state index is 11.8. The molecule has 2 heterocycles. The molecule has 1 aromatic heterocycles. The molecule has 0 N–H and O–H groups in total. The van der Waals surface area contributed by atoms with Crippen molar-refractivity contribution in [2.45, 2.75) is 19.3 Å². The number of hydrogen-bond donors (Lipinski definition) is 0. The van der Waals surface area contributed by atoms with Crippen LogP contribution in [0.3, 0.4) is 0 Å². The minimum Gasteiger partial charge on any atom is -0.314 e. The number of Topliss-reactive ketones (excluding diaryl/α,β-unsaturated/α-hetero) is 1. The van der Waals surface area contributed by atoms with Crippen molar-refractivity contribution in [3.8, 4) is 0 Å². The van der Waals surface area contributed by atoms with E-state index in [1.807, 2.05) is 0 Å². The van der Waals surface area contributed by atoms with E-state index in [1.54, 1.807) is 17.9 Å². The van der Waals surface area contributed by atoms with Crippen LogP contribution < -0.4 is 0 Å². The van der Waals surface area contributed by atoms with Crippen molar-refractivity contribution in [3.05, 3.63) is 12.2 Å². The second-order valence-electron chi connectivity index (χ2n) is 4.03. The van der Waals surface area contributed by atoms with Crippen molar-refractivity contribution in [1.29, 1.82) is 0 Å². The predicted molar refractivity (Wildman–Crippen MR) is 55.6 cm³/mol. The van der Waals surface area contributed by atoms with Gasteiger partial charge in [-0.3, -0.25) is 9.69 Å². The number of ketones is 1. The molecule has 0 amide bonds. The summed E-state index contributed by atoms with van der Waals surface area (Å²) in [6.07, 6.45) is 5.25. The van der Waals surface area contributed by atoms with Crippen molar-refractivity contribution in [1.82, 2.24) is 19.7 Å². The average Bonchev–Trinajstić information content (AvgIpc) is 2.66. The summed E-state index contributed by atoms with van der Waals surface area (Å²) in [6, 6.07) is 0. The lowest BCUT2D eigenvalue weighted by atomic mass is 10.1.